The molecule has 3 aromatic carbocycles. The van der Waals surface area contributed by atoms with Gasteiger partial charge in [0.05, 0.1) is 18.8 Å². The summed E-state index contributed by atoms with van der Waals surface area (Å²) in [7, 11) is 0. The van der Waals surface area contributed by atoms with E-state index in [-0.39, 0.29) is 11.7 Å². The Morgan fingerprint density at radius 3 is 2.13 bits per heavy atom. The minimum atomic E-state index is -0.249. The third-order valence-corrected chi connectivity index (χ3v) is 5.51. The number of carbonyl (C=O) groups is 2. The number of morpholine rings is 1. The Balaban J connectivity index is 1.47. The number of ketones is 1. The number of carbonyl (C=O) groups excluding carboxylic acids is 2. The second-order valence-corrected chi connectivity index (χ2v) is 7.58. The van der Waals surface area contributed by atoms with Crippen molar-refractivity contribution < 1.29 is 14.3 Å². The van der Waals surface area contributed by atoms with Crippen LogP contribution in [0.3, 0.4) is 0 Å². The minimum Gasteiger partial charge on any atom is -0.379 e. The summed E-state index contributed by atoms with van der Waals surface area (Å²) in [5.41, 5.74) is 3.64. The Hall–Kier alpha value is -3.28. The van der Waals surface area contributed by atoms with Crippen LogP contribution in [-0.4, -0.2) is 42.9 Å². The van der Waals surface area contributed by atoms with Gasteiger partial charge in [-0.15, -0.1) is 0 Å². The summed E-state index contributed by atoms with van der Waals surface area (Å²) in [6, 6.07) is 24.1. The van der Waals surface area contributed by atoms with Crippen LogP contribution in [0.2, 0.25) is 0 Å². The van der Waals surface area contributed by atoms with Gasteiger partial charge in [-0.3, -0.25) is 14.5 Å². The number of hydrogen-bond acceptors (Lipinski definition) is 4. The van der Waals surface area contributed by atoms with Crippen LogP contribution in [0.5, 0.6) is 0 Å². The lowest BCUT2D eigenvalue weighted by molar-refractivity contribution is 0.0340. The monoisotopic (exact) mass is 414 g/mol. The van der Waals surface area contributed by atoms with Crippen molar-refractivity contribution in [1.82, 2.24) is 10.2 Å². The molecule has 0 aromatic heterocycles. The van der Waals surface area contributed by atoms with Crippen LogP contribution in [0.4, 0.5) is 0 Å². The summed E-state index contributed by atoms with van der Waals surface area (Å²) < 4.78 is 5.43. The fourth-order valence-electron chi connectivity index (χ4n) is 3.78. The molecule has 0 aliphatic carbocycles. The molecule has 0 unspecified atom stereocenters. The van der Waals surface area contributed by atoms with E-state index in [0.717, 1.165) is 38.4 Å². The van der Waals surface area contributed by atoms with E-state index in [1.54, 1.807) is 36.4 Å². The highest BCUT2D eigenvalue weighted by molar-refractivity contribution is 6.15. The molecule has 3 aromatic rings. The number of rotatable bonds is 7. The van der Waals surface area contributed by atoms with Crippen LogP contribution >= 0.6 is 0 Å². The van der Waals surface area contributed by atoms with E-state index in [1.165, 1.54) is 5.56 Å². The molecule has 0 radical (unpaired) electrons. The van der Waals surface area contributed by atoms with Crippen molar-refractivity contribution in [3.8, 4) is 0 Å². The average Bonchev–Trinajstić information content (AvgIpc) is 2.84. The molecular weight excluding hydrogens is 388 g/mol. The molecule has 1 fully saturated rings. The highest BCUT2D eigenvalue weighted by atomic mass is 16.5. The molecule has 0 bridgehead atoms. The van der Waals surface area contributed by atoms with E-state index in [4.69, 9.17) is 4.74 Å². The number of nitrogens with zero attached hydrogens (tertiary/aromatic N) is 1. The smallest absolute Gasteiger partial charge is 0.252 e. The number of nitrogens with one attached hydrogen (secondary N) is 1. The lowest BCUT2D eigenvalue weighted by atomic mass is 9.98. The van der Waals surface area contributed by atoms with Crippen molar-refractivity contribution in [2.45, 2.75) is 13.1 Å². The van der Waals surface area contributed by atoms with Crippen molar-refractivity contribution >= 4 is 11.7 Å². The second kappa shape index (κ2) is 10.2. The molecule has 4 rings (SSSR count). The zero-order valence-corrected chi connectivity index (χ0v) is 17.4. The molecule has 0 saturated carbocycles. The summed E-state index contributed by atoms with van der Waals surface area (Å²) >= 11 is 0. The topological polar surface area (TPSA) is 58.6 Å². The molecule has 0 spiro atoms. The van der Waals surface area contributed by atoms with Gasteiger partial charge in [0.2, 0.25) is 0 Å². The predicted octanol–water partition coefficient (Wildman–Crippen LogP) is 3.68. The van der Waals surface area contributed by atoms with Crippen LogP contribution in [0.1, 0.15) is 37.4 Å². The third-order valence-electron chi connectivity index (χ3n) is 5.51. The van der Waals surface area contributed by atoms with Gasteiger partial charge in [0.15, 0.2) is 5.78 Å². The summed E-state index contributed by atoms with van der Waals surface area (Å²) in [6.07, 6.45) is 0. The van der Waals surface area contributed by atoms with Gasteiger partial charge in [-0.2, -0.15) is 0 Å². The van der Waals surface area contributed by atoms with Gasteiger partial charge in [0.1, 0.15) is 0 Å². The largest absolute Gasteiger partial charge is 0.379 e. The van der Waals surface area contributed by atoms with Crippen molar-refractivity contribution in [3.63, 3.8) is 0 Å². The van der Waals surface area contributed by atoms with Gasteiger partial charge in [-0.05, 0) is 17.2 Å². The maximum absolute atomic E-state index is 13.0. The number of hydrogen-bond donors (Lipinski definition) is 1. The quantitative estimate of drug-likeness (QED) is 0.599. The van der Waals surface area contributed by atoms with Gasteiger partial charge in [0, 0.05) is 37.3 Å². The maximum atomic E-state index is 13.0. The van der Waals surface area contributed by atoms with Crippen LogP contribution < -0.4 is 5.32 Å². The van der Waals surface area contributed by atoms with Crippen molar-refractivity contribution in [2.24, 2.45) is 0 Å². The maximum Gasteiger partial charge on any atom is 0.252 e. The second-order valence-electron chi connectivity index (χ2n) is 7.58. The molecular formula is C26H26N2O3. The van der Waals surface area contributed by atoms with Gasteiger partial charge in [0.25, 0.3) is 5.91 Å². The Bertz CT molecular complexity index is 1040. The van der Waals surface area contributed by atoms with Crippen LogP contribution in [0, 0.1) is 0 Å². The van der Waals surface area contributed by atoms with Crippen LogP contribution in [0.15, 0.2) is 78.9 Å². The van der Waals surface area contributed by atoms with E-state index in [1.807, 2.05) is 36.4 Å². The number of ether oxygens (including phenoxy) is 1. The first-order valence-electron chi connectivity index (χ1n) is 10.6. The zero-order chi connectivity index (χ0) is 21.5. The molecule has 1 N–H and O–H groups in total. The first-order valence-corrected chi connectivity index (χ1v) is 10.6. The third kappa shape index (κ3) is 5.26. The predicted molar refractivity (Wildman–Crippen MR) is 120 cm³/mol. The molecule has 158 valence electrons. The number of amides is 1. The molecule has 31 heavy (non-hydrogen) atoms. The van der Waals surface area contributed by atoms with Crippen LogP contribution in [0.25, 0.3) is 0 Å². The van der Waals surface area contributed by atoms with E-state index in [9.17, 15) is 9.59 Å². The number of benzene rings is 3. The minimum absolute atomic E-state index is 0.154. The fourth-order valence-corrected chi connectivity index (χ4v) is 3.78. The lowest BCUT2D eigenvalue weighted by Crippen LogP contribution is -2.36. The van der Waals surface area contributed by atoms with Crippen molar-refractivity contribution in [2.75, 3.05) is 26.3 Å². The molecule has 1 aliphatic rings. The summed E-state index contributed by atoms with van der Waals surface area (Å²) in [6.45, 7) is 4.58. The first kappa shape index (κ1) is 21.0. The summed E-state index contributed by atoms with van der Waals surface area (Å²) in [5, 5.41) is 3.01. The van der Waals surface area contributed by atoms with Gasteiger partial charge < -0.3 is 10.1 Å². The summed E-state index contributed by atoms with van der Waals surface area (Å²) in [5.74, 6) is -0.403. The highest BCUT2D eigenvalue weighted by Gasteiger charge is 2.18. The van der Waals surface area contributed by atoms with Gasteiger partial charge in [-0.25, -0.2) is 0 Å². The molecule has 1 saturated heterocycles. The first-order chi connectivity index (χ1) is 15.2. The summed E-state index contributed by atoms with van der Waals surface area (Å²) in [4.78, 5) is 28.3. The highest BCUT2D eigenvalue weighted by Crippen LogP contribution is 2.16. The molecule has 1 aliphatic heterocycles. The molecule has 1 amide bonds. The van der Waals surface area contributed by atoms with E-state index < -0.39 is 0 Å². The van der Waals surface area contributed by atoms with Gasteiger partial charge in [-0.1, -0.05) is 72.8 Å². The lowest BCUT2D eigenvalue weighted by Gasteiger charge is -2.27. The Morgan fingerprint density at radius 1 is 0.774 bits per heavy atom. The fraction of sp³-hybridized carbons (Fsp3) is 0.231. The van der Waals surface area contributed by atoms with Crippen molar-refractivity contribution in [3.05, 3.63) is 107 Å². The van der Waals surface area contributed by atoms with E-state index in [0.29, 0.717) is 23.2 Å². The average molecular weight is 415 g/mol. The van der Waals surface area contributed by atoms with E-state index >= 15 is 0 Å². The molecule has 1 heterocycles. The Labute approximate surface area is 182 Å². The Morgan fingerprint density at radius 2 is 1.39 bits per heavy atom. The molecule has 5 heteroatoms. The standard InChI is InChI=1S/C26H26N2O3/c29-25(20-8-2-1-3-9-20)23-12-6-7-13-24(23)26(30)27-18-21-10-4-5-11-22(21)19-28-14-16-31-17-15-28/h1-13H,14-19H2,(H,27,30). The SMILES string of the molecule is O=C(NCc1ccccc1CN1CCOCC1)c1ccccc1C(=O)c1ccccc1. The van der Waals surface area contributed by atoms with E-state index in [2.05, 4.69) is 16.3 Å². The van der Waals surface area contributed by atoms with Gasteiger partial charge >= 0.3 is 0 Å². The van der Waals surface area contributed by atoms with Crippen LogP contribution in [-0.2, 0) is 17.8 Å². The zero-order valence-electron chi connectivity index (χ0n) is 17.4. The molecule has 0 atom stereocenters. The Kier molecular flexibility index (Phi) is 6.87. The van der Waals surface area contributed by atoms with Crippen molar-refractivity contribution in [1.29, 1.82) is 0 Å². The molecule has 5 nitrogen and oxygen atoms in total. The normalized spacial score (nSPS) is 14.2.